The first-order chi connectivity index (χ1) is 15.6. The molecule has 0 unspecified atom stereocenters. The number of hydrogen-bond acceptors (Lipinski definition) is 4. The molecule has 164 valence electrons. The lowest BCUT2D eigenvalue weighted by atomic mass is 10.1. The van der Waals surface area contributed by atoms with Gasteiger partial charge in [-0.15, -0.1) is 0 Å². The first-order valence-electron chi connectivity index (χ1n) is 10.9. The summed E-state index contributed by atoms with van der Waals surface area (Å²) in [5, 5.41) is 5.92. The fraction of sp³-hybridized carbons (Fsp3) is 0.280. The van der Waals surface area contributed by atoms with Gasteiger partial charge in [-0.2, -0.15) is 5.10 Å². The van der Waals surface area contributed by atoms with Crippen LogP contribution in [0.5, 0.6) is 5.75 Å². The Morgan fingerprint density at radius 1 is 0.906 bits per heavy atom. The summed E-state index contributed by atoms with van der Waals surface area (Å²) in [5.74, 6) is 1.66. The highest BCUT2D eigenvalue weighted by molar-refractivity contribution is 6.35. The molecule has 32 heavy (non-hydrogen) atoms. The molecule has 0 aliphatic carbocycles. The standard InChI is InChI=1S/C25H24Cl2N4O/c26-20-15-19(16-21(27)17-20)23-4-3-5-25-28-24(29-31(23)25)14-18-6-8-22(9-7-18)32-13-12-30-10-1-2-11-30/h3-9,15-17H,1-2,10-14H2. The van der Waals surface area contributed by atoms with Crippen molar-refractivity contribution in [3.8, 4) is 17.0 Å². The maximum Gasteiger partial charge on any atom is 0.156 e. The van der Waals surface area contributed by atoms with Crippen molar-refractivity contribution in [2.45, 2.75) is 19.3 Å². The molecular formula is C25H24Cl2N4O. The molecule has 0 radical (unpaired) electrons. The molecule has 4 aromatic rings. The molecule has 5 rings (SSSR count). The van der Waals surface area contributed by atoms with Crippen LogP contribution in [0, 0.1) is 0 Å². The summed E-state index contributed by atoms with van der Waals surface area (Å²) >= 11 is 12.4. The van der Waals surface area contributed by atoms with Gasteiger partial charge >= 0.3 is 0 Å². The zero-order valence-corrected chi connectivity index (χ0v) is 19.2. The van der Waals surface area contributed by atoms with E-state index < -0.39 is 0 Å². The molecular weight excluding hydrogens is 443 g/mol. The number of nitrogens with zero attached hydrogens (tertiary/aromatic N) is 4. The van der Waals surface area contributed by atoms with Gasteiger partial charge in [0.2, 0.25) is 0 Å². The molecule has 3 heterocycles. The fourth-order valence-electron chi connectivity index (χ4n) is 4.13. The minimum Gasteiger partial charge on any atom is -0.492 e. The van der Waals surface area contributed by atoms with Gasteiger partial charge in [-0.25, -0.2) is 9.50 Å². The molecule has 2 aromatic heterocycles. The highest BCUT2D eigenvalue weighted by Crippen LogP contribution is 2.27. The summed E-state index contributed by atoms with van der Waals surface area (Å²) in [6.45, 7) is 4.11. The number of rotatable bonds is 7. The Balaban J connectivity index is 1.29. The highest BCUT2D eigenvalue weighted by Gasteiger charge is 2.12. The first-order valence-corrected chi connectivity index (χ1v) is 11.6. The monoisotopic (exact) mass is 466 g/mol. The largest absolute Gasteiger partial charge is 0.492 e. The molecule has 7 heteroatoms. The van der Waals surface area contributed by atoms with Gasteiger partial charge in [-0.3, -0.25) is 4.90 Å². The van der Waals surface area contributed by atoms with Crippen molar-refractivity contribution in [3.63, 3.8) is 0 Å². The first kappa shape index (κ1) is 21.3. The van der Waals surface area contributed by atoms with Crippen LogP contribution in [0.1, 0.15) is 24.2 Å². The van der Waals surface area contributed by atoms with Crippen molar-refractivity contribution in [2.24, 2.45) is 0 Å². The minimum atomic E-state index is 0.590. The molecule has 0 N–H and O–H groups in total. The van der Waals surface area contributed by atoms with Crippen molar-refractivity contribution in [1.29, 1.82) is 0 Å². The van der Waals surface area contributed by atoms with Gasteiger partial charge in [0.05, 0.1) is 5.69 Å². The molecule has 1 fully saturated rings. The van der Waals surface area contributed by atoms with Crippen LogP contribution in [-0.4, -0.2) is 45.7 Å². The second-order valence-electron chi connectivity index (χ2n) is 8.09. The molecule has 0 atom stereocenters. The van der Waals surface area contributed by atoms with Crippen LogP contribution in [-0.2, 0) is 6.42 Å². The third-order valence-electron chi connectivity index (χ3n) is 5.72. The number of likely N-dealkylation sites (tertiary alicyclic amines) is 1. The van der Waals surface area contributed by atoms with Crippen molar-refractivity contribution in [1.82, 2.24) is 19.5 Å². The van der Waals surface area contributed by atoms with E-state index in [0.29, 0.717) is 16.5 Å². The Kier molecular flexibility index (Phi) is 6.30. The zero-order chi connectivity index (χ0) is 21.9. The van der Waals surface area contributed by atoms with E-state index in [1.54, 1.807) is 6.07 Å². The van der Waals surface area contributed by atoms with Crippen LogP contribution in [0.4, 0.5) is 0 Å². The molecule has 2 aromatic carbocycles. The summed E-state index contributed by atoms with van der Waals surface area (Å²) in [4.78, 5) is 7.16. The maximum atomic E-state index is 6.20. The SMILES string of the molecule is Clc1cc(Cl)cc(-c2cccc3nc(Cc4ccc(OCCN5CCCC5)cc4)nn23)c1. The third-order valence-corrected chi connectivity index (χ3v) is 6.16. The minimum absolute atomic E-state index is 0.590. The Morgan fingerprint density at radius 3 is 2.41 bits per heavy atom. The maximum absolute atomic E-state index is 6.20. The Bertz CT molecular complexity index is 1200. The summed E-state index contributed by atoms with van der Waals surface area (Å²) in [6, 6.07) is 19.6. The smallest absolute Gasteiger partial charge is 0.156 e. The predicted octanol–water partition coefficient (Wildman–Crippen LogP) is 5.77. The summed E-state index contributed by atoms with van der Waals surface area (Å²) in [6.07, 6.45) is 3.26. The Hall–Kier alpha value is -2.60. The van der Waals surface area contributed by atoms with Crippen LogP contribution < -0.4 is 4.74 Å². The van der Waals surface area contributed by atoms with Crippen molar-refractivity contribution >= 4 is 28.8 Å². The second-order valence-corrected chi connectivity index (χ2v) is 8.96. The molecule has 0 amide bonds. The van der Waals surface area contributed by atoms with E-state index in [0.717, 1.165) is 47.2 Å². The number of benzene rings is 2. The van der Waals surface area contributed by atoms with Crippen LogP contribution in [0.15, 0.2) is 60.7 Å². The quantitative estimate of drug-likeness (QED) is 0.346. The number of aromatic nitrogens is 3. The fourth-order valence-corrected chi connectivity index (χ4v) is 4.66. The van der Waals surface area contributed by atoms with Crippen molar-refractivity contribution in [3.05, 3.63) is 82.1 Å². The summed E-state index contributed by atoms with van der Waals surface area (Å²) in [5.41, 5.74) is 3.72. The van der Waals surface area contributed by atoms with Gasteiger partial charge in [-0.1, -0.05) is 41.4 Å². The van der Waals surface area contributed by atoms with Gasteiger partial charge in [-0.05, 0) is 74.0 Å². The summed E-state index contributed by atoms with van der Waals surface area (Å²) < 4.78 is 7.75. The van der Waals surface area contributed by atoms with Gasteiger partial charge in [0.15, 0.2) is 11.5 Å². The van der Waals surface area contributed by atoms with Crippen molar-refractivity contribution in [2.75, 3.05) is 26.2 Å². The van der Waals surface area contributed by atoms with E-state index >= 15 is 0 Å². The van der Waals surface area contributed by atoms with E-state index in [2.05, 4.69) is 17.0 Å². The van der Waals surface area contributed by atoms with Crippen LogP contribution >= 0.6 is 23.2 Å². The second kappa shape index (κ2) is 9.49. The number of fused-ring (bicyclic) bond motifs is 1. The number of halogens is 2. The molecule has 5 nitrogen and oxygen atoms in total. The molecule has 1 aliphatic rings. The molecule has 0 saturated carbocycles. The van der Waals surface area contributed by atoms with Crippen LogP contribution in [0.3, 0.4) is 0 Å². The number of hydrogen-bond donors (Lipinski definition) is 0. The lowest BCUT2D eigenvalue weighted by molar-refractivity contribution is 0.238. The third kappa shape index (κ3) is 4.90. The molecule has 1 saturated heterocycles. The van der Waals surface area contributed by atoms with Gasteiger partial charge < -0.3 is 4.74 Å². The van der Waals surface area contributed by atoms with Gasteiger partial charge in [0.25, 0.3) is 0 Å². The topological polar surface area (TPSA) is 42.7 Å². The van der Waals surface area contributed by atoms with E-state index in [-0.39, 0.29) is 0 Å². The zero-order valence-electron chi connectivity index (χ0n) is 17.7. The predicted molar refractivity (Wildman–Crippen MR) is 129 cm³/mol. The summed E-state index contributed by atoms with van der Waals surface area (Å²) in [7, 11) is 0. The Morgan fingerprint density at radius 2 is 1.66 bits per heavy atom. The van der Waals surface area contributed by atoms with E-state index in [9.17, 15) is 0 Å². The number of ether oxygens (including phenoxy) is 1. The Labute approximate surface area is 197 Å². The van der Waals surface area contributed by atoms with Gasteiger partial charge in [0.1, 0.15) is 12.4 Å². The van der Waals surface area contributed by atoms with E-state index in [1.165, 1.54) is 25.9 Å². The lowest BCUT2D eigenvalue weighted by Crippen LogP contribution is -2.25. The molecule has 1 aliphatic heterocycles. The highest BCUT2D eigenvalue weighted by atomic mass is 35.5. The average molecular weight is 467 g/mol. The molecule has 0 spiro atoms. The van der Waals surface area contributed by atoms with Crippen LogP contribution in [0.2, 0.25) is 10.0 Å². The van der Waals surface area contributed by atoms with E-state index in [4.69, 9.17) is 38.0 Å². The van der Waals surface area contributed by atoms with Crippen LogP contribution in [0.25, 0.3) is 16.9 Å². The normalized spacial score (nSPS) is 14.3. The molecule has 0 bridgehead atoms. The van der Waals surface area contributed by atoms with E-state index in [1.807, 2.05) is 47.0 Å². The van der Waals surface area contributed by atoms with Gasteiger partial charge in [0, 0.05) is 28.6 Å². The average Bonchev–Trinajstić information content (AvgIpc) is 3.43. The lowest BCUT2D eigenvalue weighted by Gasteiger charge is -2.14. The van der Waals surface area contributed by atoms with Crippen molar-refractivity contribution < 1.29 is 4.74 Å². The number of pyridine rings is 1.